The first-order chi connectivity index (χ1) is 10.1. The molecular weight excluding hydrogens is 343 g/mol. The Kier molecular flexibility index (Phi) is 4.50. The summed E-state index contributed by atoms with van der Waals surface area (Å²) in [5, 5.41) is 3.77. The third-order valence-corrected chi connectivity index (χ3v) is 4.97. The van der Waals surface area contributed by atoms with E-state index in [1.54, 1.807) is 0 Å². The molecule has 0 amide bonds. The van der Waals surface area contributed by atoms with Crippen LogP contribution in [0.4, 0.5) is 13.2 Å². The molecule has 5 nitrogen and oxygen atoms in total. The lowest BCUT2D eigenvalue weighted by molar-refractivity contribution is 0.445. The van der Waals surface area contributed by atoms with Crippen LogP contribution in [0, 0.1) is 24.4 Å². The molecule has 0 radical (unpaired) electrons. The van der Waals surface area contributed by atoms with E-state index in [1.807, 2.05) is 0 Å². The van der Waals surface area contributed by atoms with Gasteiger partial charge in [-0.25, -0.2) is 26.3 Å². The molecule has 0 bridgehead atoms. The second kappa shape index (κ2) is 5.90. The first-order valence-electron chi connectivity index (χ1n) is 5.95. The number of aryl methyl sites for hydroxylation is 2. The summed E-state index contributed by atoms with van der Waals surface area (Å²) in [5.41, 5.74) is 0.106. The van der Waals surface area contributed by atoms with Crippen LogP contribution in [-0.2, 0) is 23.6 Å². The van der Waals surface area contributed by atoms with Crippen LogP contribution in [0.2, 0.25) is 5.15 Å². The van der Waals surface area contributed by atoms with Crippen LogP contribution < -0.4 is 4.72 Å². The lowest BCUT2D eigenvalue weighted by Crippen LogP contribution is -2.24. The van der Waals surface area contributed by atoms with Crippen molar-refractivity contribution in [2.24, 2.45) is 7.05 Å². The van der Waals surface area contributed by atoms with Crippen molar-refractivity contribution >= 4 is 21.6 Å². The summed E-state index contributed by atoms with van der Waals surface area (Å²) in [6, 6.07) is 1.41. The molecule has 0 fully saturated rings. The van der Waals surface area contributed by atoms with Crippen molar-refractivity contribution < 1.29 is 21.6 Å². The summed E-state index contributed by atoms with van der Waals surface area (Å²) in [6.45, 7) is 1.03. The van der Waals surface area contributed by atoms with Gasteiger partial charge in [-0.05, 0) is 24.6 Å². The first kappa shape index (κ1) is 16.8. The Hall–Kier alpha value is -1.58. The van der Waals surface area contributed by atoms with Gasteiger partial charge in [0.2, 0.25) is 10.0 Å². The van der Waals surface area contributed by atoms with E-state index >= 15 is 0 Å². The van der Waals surface area contributed by atoms with Gasteiger partial charge in [0, 0.05) is 13.6 Å². The van der Waals surface area contributed by atoms with Crippen LogP contribution in [0.1, 0.15) is 11.3 Å². The maximum atomic E-state index is 13.1. The topological polar surface area (TPSA) is 64.0 Å². The predicted octanol–water partition coefficient (Wildman–Crippen LogP) is 2.28. The first-order valence-corrected chi connectivity index (χ1v) is 7.81. The number of nitrogens with zero attached hydrogens (tertiary/aromatic N) is 2. The molecule has 0 atom stereocenters. The molecule has 0 aliphatic heterocycles. The van der Waals surface area contributed by atoms with Crippen molar-refractivity contribution in [1.82, 2.24) is 14.5 Å². The highest BCUT2D eigenvalue weighted by molar-refractivity contribution is 7.89. The average molecular weight is 354 g/mol. The zero-order valence-corrected chi connectivity index (χ0v) is 13.1. The number of aromatic nitrogens is 2. The Morgan fingerprint density at radius 1 is 1.27 bits per heavy atom. The highest BCUT2D eigenvalue weighted by Crippen LogP contribution is 2.24. The predicted molar refractivity (Wildman–Crippen MR) is 73.3 cm³/mol. The molecule has 10 heteroatoms. The Bertz CT molecular complexity index is 813. The standard InChI is InChI=1S/C12H11ClF3N3O2S/c1-6-11(12(13)19(2)18-6)22(20,21)17-5-7-3-8(14)10(16)9(15)4-7/h3-4,17H,5H2,1-2H3. The Morgan fingerprint density at radius 2 is 1.82 bits per heavy atom. The molecule has 0 saturated heterocycles. The fourth-order valence-corrected chi connectivity index (χ4v) is 3.64. The van der Waals surface area contributed by atoms with Crippen LogP contribution in [0.3, 0.4) is 0 Å². The van der Waals surface area contributed by atoms with E-state index in [1.165, 1.54) is 18.7 Å². The summed E-state index contributed by atoms with van der Waals surface area (Å²) in [6.07, 6.45) is 0. The Labute approximate surface area is 129 Å². The number of halogens is 4. The van der Waals surface area contributed by atoms with E-state index in [2.05, 4.69) is 9.82 Å². The minimum Gasteiger partial charge on any atom is -0.255 e. The maximum absolute atomic E-state index is 13.1. The van der Waals surface area contributed by atoms with Crippen molar-refractivity contribution in [3.8, 4) is 0 Å². The molecular formula is C12H11ClF3N3O2S. The summed E-state index contributed by atoms with van der Waals surface area (Å²) < 4.78 is 66.7. The van der Waals surface area contributed by atoms with Crippen LogP contribution in [0.15, 0.2) is 17.0 Å². The lowest BCUT2D eigenvalue weighted by Gasteiger charge is -2.07. The summed E-state index contributed by atoms with van der Waals surface area (Å²) >= 11 is 5.86. The normalized spacial score (nSPS) is 11.9. The number of sulfonamides is 1. The second-order valence-corrected chi connectivity index (χ2v) is 6.59. The lowest BCUT2D eigenvalue weighted by atomic mass is 10.2. The maximum Gasteiger partial charge on any atom is 0.245 e. The molecule has 0 aliphatic rings. The van der Waals surface area contributed by atoms with E-state index < -0.39 is 34.0 Å². The molecule has 1 aromatic heterocycles. The highest BCUT2D eigenvalue weighted by Gasteiger charge is 2.25. The van der Waals surface area contributed by atoms with Gasteiger partial charge in [0.05, 0.1) is 5.69 Å². The number of hydrogen-bond donors (Lipinski definition) is 1. The third-order valence-electron chi connectivity index (χ3n) is 2.88. The zero-order chi connectivity index (χ0) is 16.7. The van der Waals surface area contributed by atoms with E-state index in [0.717, 1.165) is 0 Å². The van der Waals surface area contributed by atoms with Gasteiger partial charge in [-0.3, -0.25) is 4.68 Å². The van der Waals surface area contributed by atoms with Crippen LogP contribution in [0.25, 0.3) is 0 Å². The van der Waals surface area contributed by atoms with E-state index in [0.29, 0.717) is 12.1 Å². The number of rotatable bonds is 4. The number of hydrogen-bond acceptors (Lipinski definition) is 3. The van der Waals surface area contributed by atoms with E-state index in [9.17, 15) is 21.6 Å². The second-order valence-electron chi connectivity index (χ2n) is 4.53. The average Bonchev–Trinajstić information content (AvgIpc) is 2.67. The van der Waals surface area contributed by atoms with Crippen LogP contribution in [-0.4, -0.2) is 18.2 Å². The minimum atomic E-state index is -4.04. The fourth-order valence-electron chi connectivity index (χ4n) is 1.88. The highest BCUT2D eigenvalue weighted by atomic mass is 35.5. The molecule has 0 unspecified atom stereocenters. The quantitative estimate of drug-likeness (QED) is 0.858. The number of benzene rings is 1. The molecule has 0 spiro atoms. The van der Waals surface area contributed by atoms with Gasteiger partial charge < -0.3 is 0 Å². The van der Waals surface area contributed by atoms with Gasteiger partial charge in [0.1, 0.15) is 10.0 Å². The van der Waals surface area contributed by atoms with Gasteiger partial charge in [0.15, 0.2) is 17.5 Å². The summed E-state index contributed by atoms with van der Waals surface area (Å²) in [5.74, 6) is -4.41. The van der Waals surface area contributed by atoms with E-state index in [-0.39, 0.29) is 21.3 Å². The fraction of sp³-hybridized carbons (Fsp3) is 0.250. The molecule has 120 valence electrons. The molecule has 0 aliphatic carbocycles. The van der Waals surface area contributed by atoms with Crippen molar-refractivity contribution in [2.45, 2.75) is 18.4 Å². The van der Waals surface area contributed by atoms with Crippen molar-refractivity contribution in [3.05, 3.63) is 46.0 Å². The zero-order valence-electron chi connectivity index (χ0n) is 11.5. The number of nitrogens with one attached hydrogen (secondary N) is 1. The van der Waals surface area contributed by atoms with Gasteiger partial charge in [0.25, 0.3) is 0 Å². The van der Waals surface area contributed by atoms with E-state index in [4.69, 9.17) is 11.6 Å². The monoisotopic (exact) mass is 353 g/mol. The van der Waals surface area contributed by atoms with Gasteiger partial charge in [-0.1, -0.05) is 11.6 Å². The third kappa shape index (κ3) is 3.11. The van der Waals surface area contributed by atoms with Crippen molar-refractivity contribution in [1.29, 1.82) is 0 Å². The largest absolute Gasteiger partial charge is 0.255 e. The van der Waals surface area contributed by atoms with Crippen LogP contribution >= 0.6 is 11.6 Å². The van der Waals surface area contributed by atoms with Crippen LogP contribution in [0.5, 0.6) is 0 Å². The SMILES string of the molecule is Cc1nn(C)c(Cl)c1S(=O)(=O)NCc1cc(F)c(F)c(F)c1. The van der Waals surface area contributed by atoms with Gasteiger partial charge >= 0.3 is 0 Å². The molecule has 1 heterocycles. The minimum absolute atomic E-state index is 0.0716. The molecule has 2 rings (SSSR count). The Balaban J connectivity index is 2.27. The molecule has 0 saturated carbocycles. The molecule has 22 heavy (non-hydrogen) atoms. The molecule has 1 aromatic carbocycles. The summed E-state index contributed by atoms with van der Waals surface area (Å²) in [7, 11) is -2.57. The molecule has 2 aromatic rings. The van der Waals surface area contributed by atoms with Crippen molar-refractivity contribution in [3.63, 3.8) is 0 Å². The summed E-state index contributed by atoms with van der Waals surface area (Å²) in [4.78, 5) is -0.222. The Morgan fingerprint density at radius 3 is 2.27 bits per heavy atom. The van der Waals surface area contributed by atoms with Gasteiger partial charge in [-0.15, -0.1) is 0 Å². The van der Waals surface area contributed by atoms with Gasteiger partial charge in [-0.2, -0.15) is 5.10 Å². The molecule has 1 N–H and O–H groups in total. The van der Waals surface area contributed by atoms with Crippen molar-refractivity contribution in [2.75, 3.05) is 0 Å². The smallest absolute Gasteiger partial charge is 0.245 e.